The lowest BCUT2D eigenvalue weighted by molar-refractivity contribution is -0.115. The second-order valence-electron chi connectivity index (χ2n) is 10.5. The molecule has 0 saturated heterocycles. The standard InChI is InChI=1S/C34H36N2O2/c1-19-13-20(2)16-27(15-19)29-11-9-23(5)31(33(29)35-25(7)37)32-24(6)10-12-30(34(32)36-26(8)38)28-17-21(3)14-22(4)18-28/h9-18H,1-8H3,(H,35,37)(H,36,38). The number of carbonyl (C=O) groups is 2. The SMILES string of the molecule is CC(=O)Nc1c(-c2cc(C)cc(C)c2)ccc(C)c1-c1c(C)ccc(-c2cc(C)cc(C)c2)c1NC(C)=O. The maximum Gasteiger partial charge on any atom is 0.221 e. The zero-order valence-corrected chi connectivity index (χ0v) is 23.6. The highest BCUT2D eigenvalue weighted by Crippen LogP contribution is 2.47. The first-order valence-electron chi connectivity index (χ1n) is 12.9. The highest BCUT2D eigenvalue weighted by atomic mass is 16.2. The van der Waals surface area contributed by atoms with Crippen molar-refractivity contribution >= 4 is 23.2 Å². The number of anilines is 2. The van der Waals surface area contributed by atoms with Crippen LogP contribution in [0.25, 0.3) is 33.4 Å². The van der Waals surface area contributed by atoms with Crippen LogP contribution in [-0.4, -0.2) is 11.8 Å². The minimum Gasteiger partial charge on any atom is -0.325 e. The molecule has 0 aliphatic heterocycles. The van der Waals surface area contributed by atoms with E-state index < -0.39 is 0 Å². The average Bonchev–Trinajstić information content (AvgIpc) is 2.78. The maximum atomic E-state index is 12.6. The highest BCUT2D eigenvalue weighted by molar-refractivity contribution is 6.08. The van der Waals surface area contributed by atoms with E-state index in [1.807, 2.05) is 13.8 Å². The predicted molar refractivity (Wildman–Crippen MR) is 160 cm³/mol. The predicted octanol–water partition coefficient (Wildman–Crippen LogP) is 8.45. The van der Waals surface area contributed by atoms with E-state index in [4.69, 9.17) is 0 Å². The third-order valence-corrected chi connectivity index (χ3v) is 6.74. The largest absolute Gasteiger partial charge is 0.325 e. The van der Waals surface area contributed by atoms with E-state index in [1.165, 1.54) is 13.8 Å². The molecule has 194 valence electrons. The molecule has 2 N–H and O–H groups in total. The fourth-order valence-electron chi connectivity index (χ4n) is 5.41. The summed E-state index contributed by atoms with van der Waals surface area (Å²) in [6.07, 6.45) is 0. The molecule has 0 unspecified atom stereocenters. The van der Waals surface area contributed by atoms with Crippen molar-refractivity contribution in [3.05, 3.63) is 94.0 Å². The minimum absolute atomic E-state index is 0.147. The third kappa shape index (κ3) is 5.55. The summed E-state index contributed by atoms with van der Waals surface area (Å²) in [5.74, 6) is -0.293. The van der Waals surface area contributed by atoms with Crippen LogP contribution in [-0.2, 0) is 9.59 Å². The molecular weight excluding hydrogens is 468 g/mol. The van der Waals surface area contributed by atoms with Crippen LogP contribution in [0.1, 0.15) is 47.2 Å². The van der Waals surface area contributed by atoms with Gasteiger partial charge in [0.1, 0.15) is 0 Å². The summed E-state index contributed by atoms with van der Waals surface area (Å²) in [7, 11) is 0. The van der Waals surface area contributed by atoms with Crippen LogP contribution in [0.4, 0.5) is 11.4 Å². The van der Waals surface area contributed by atoms with Gasteiger partial charge >= 0.3 is 0 Å². The van der Waals surface area contributed by atoms with Crippen LogP contribution in [0.3, 0.4) is 0 Å². The molecule has 4 nitrogen and oxygen atoms in total. The second kappa shape index (κ2) is 10.7. The van der Waals surface area contributed by atoms with Crippen LogP contribution < -0.4 is 10.6 Å². The van der Waals surface area contributed by atoms with Crippen molar-refractivity contribution in [2.75, 3.05) is 10.6 Å². The van der Waals surface area contributed by atoms with Crippen molar-refractivity contribution in [1.29, 1.82) is 0 Å². The van der Waals surface area contributed by atoms with Crippen molar-refractivity contribution in [3.63, 3.8) is 0 Å². The highest BCUT2D eigenvalue weighted by Gasteiger charge is 2.23. The van der Waals surface area contributed by atoms with Crippen LogP contribution in [0.5, 0.6) is 0 Å². The molecule has 4 aromatic rings. The van der Waals surface area contributed by atoms with Crippen LogP contribution >= 0.6 is 0 Å². The van der Waals surface area contributed by atoms with Gasteiger partial charge in [0.2, 0.25) is 11.8 Å². The minimum atomic E-state index is -0.147. The maximum absolute atomic E-state index is 12.6. The summed E-state index contributed by atoms with van der Waals surface area (Å²) in [6.45, 7) is 15.5. The van der Waals surface area contributed by atoms with Gasteiger partial charge in [-0.3, -0.25) is 9.59 Å². The van der Waals surface area contributed by atoms with E-state index in [9.17, 15) is 9.59 Å². The molecule has 4 rings (SSSR count). The van der Waals surface area contributed by atoms with Crippen LogP contribution in [0.15, 0.2) is 60.7 Å². The smallest absolute Gasteiger partial charge is 0.221 e. The fourth-order valence-corrected chi connectivity index (χ4v) is 5.41. The number of carbonyl (C=O) groups excluding carboxylic acids is 2. The number of aryl methyl sites for hydroxylation is 6. The molecule has 0 bridgehead atoms. The first kappa shape index (κ1) is 26.9. The number of benzene rings is 4. The fraction of sp³-hybridized carbons (Fsp3) is 0.235. The van der Waals surface area contributed by atoms with Crippen molar-refractivity contribution in [2.45, 2.75) is 55.4 Å². The quantitative estimate of drug-likeness (QED) is 0.286. The van der Waals surface area contributed by atoms with Gasteiger partial charge in [0.25, 0.3) is 0 Å². The topological polar surface area (TPSA) is 58.2 Å². The number of hydrogen-bond acceptors (Lipinski definition) is 2. The van der Waals surface area contributed by atoms with Gasteiger partial charge in [0.05, 0.1) is 11.4 Å². The molecule has 4 heteroatoms. The molecule has 0 saturated carbocycles. The Balaban J connectivity index is 2.13. The lowest BCUT2D eigenvalue weighted by Crippen LogP contribution is -2.12. The summed E-state index contributed by atoms with van der Waals surface area (Å²) in [5.41, 5.74) is 13.9. The second-order valence-corrected chi connectivity index (χ2v) is 10.5. The molecular formula is C34H36N2O2. The summed E-state index contributed by atoms with van der Waals surface area (Å²) in [6, 6.07) is 21.2. The molecule has 4 aromatic carbocycles. The van der Waals surface area contributed by atoms with E-state index in [2.05, 4.69) is 99.0 Å². The Morgan fingerprint density at radius 2 is 0.816 bits per heavy atom. The number of nitrogens with one attached hydrogen (secondary N) is 2. The Morgan fingerprint density at radius 1 is 0.500 bits per heavy atom. The lowest BCUT2D eigenvalue weighted by Gasteiger charge is -2.24. The van der Waals surface area contributed by atoms with Gasteiger partial charge in [-0.15, -0.1) is 0 Å². The summed E-state index contributed by atoms with van der Waals surface area (Å²) in [4.78, 5) is 25.1. The molecule has 0 aromatic heterocycles. The van der Waals surface area contributed by atoms with Crippen molar-refractivity contribution in [2.24, 2.45) is 0 Å². The monoisotopic (exact) mass is 504 g/mol. The molecule has 0 atom stereocenters. The van der Waals surface area contributed by atoms with Gasteiger partial charge in [0, 0.05) is 36.1 Å². The summed E-state index contributed by atoms with van der Waals surface area (Å²) < 4.78 is 0. The Morgan fingerprint density at radius 3 is 1.11 bits per heavy atom. The number of amides is 2. The molecule has 0 aliphatic carbocycles. The molecule has 38 heavy (non-hydrogen) atoms. The van der Waals surface area contributed by atoms with Gasteiger partial charge in [0.15, 0.2) is 0 Å². The van der Waals surface area contributed by atoms with Crippen LogP contribution in [0.2, 0.25) is 0 Å². The summed E-state index contributed by atoms with van der Waals surface area (Å²) in [5, 5.41) is 6.30. The molecule has 0 radical (unpaired) electrons. The zero-order chi connectivity index (χ0) is 27.7. The van der Waals surface area contributed by atoms with E-state index >= 15 is 0 Å². The Kier molecular flexibility index (Phi) is 7.54. The van der Waals surface area contributed by atoms with Gasteiger partial charge in [-0.05, 0) is 63.8 Å². The zero-order valence-electron chi connectivity index (χ0n) is 23.6. The van der Waals surface area contributed by atoms with Crippen LogP contribution in [0, 0.1) is 41.5 Å². The number of hydrogen-bond donors (Lipinski definition) is 2. The van der Waals surface area contributed by atoms with E-state index in [-0.39, 0.29) is 11.8 Å². The first-order valence-corrected chi connectivity index (χ1v) is 12.9. The van der Waals surface area contributed by atoms with Crippen molar-refractivity contribution < 1.29 is 9.59 Å². The normalized spacial score (nSPS) is 10.8. The van der Waals surface area contributed by atoms with Gasteiger partial charge in [-0.2, -0.15) is 0 Å². The lowest BCUT2D eigenvalue weighted by atomic mass is 9.86. The van der Waals surface area contributed by atoms with E-state index in [1.54, 1.807) is 0 Å². The van der Waals surface area contributed by atoms with Gasteiger partial charge in [-0.1, -0.05) is 82.9 Å². The van der Waals surface area contributed by atoms with Crippen molar-refractivity contribution in [3.8, 4) is 33.4 Å². The number of rotatable bonds is 5. The van der Waals surface area contributed by atoms with Crippen molar-refractivity contribution in [1.82, 2.24) is 0 Å². The summed E-state index contributed by atoms with van der Waals surface area (Å²) >= 11 is 0. The van der Waals surface area contributed by atoms with Gasteiger partial charge in [-0.25, -0.2) is 0 Å². The van der Waals surface area contributed by atoms with Gasteiger partial charge < -0.3 is 10.6 Å². The average molecular weight is 505 g/mol. The Bertz CT molecular complexity index is 1420. The third-order valence-electron chi connectivity index (χ3n) is 6.74. The molecule has 0 heterocycles. The Hall–Kier alpha value is -4.18. The first-order chi connectivity index (χ1) is 17.9. The molecule has 0 aliphatic rings. The Labute approximate surface area is 226 Å². The van der Waals surface area contributed by atoms with E-state index in [0.717, 1.165) is 78.1 Å². The van der Waals surface area contributed by atoms with E-state index in [0.29, 0.717) is 0 Å². The molecule has 0 fully saturated rings. The molecule has 2 amide bonds. The molecule has 0 spiro atoms.